The van der Waals surface area contributed by atoms with Crippen LogP contribution in [0.3, 0.4) is 0 Å². The number of amides is 1. The Morgan fingerprint density at radius 2 is 2.00 bits per heavy atom. The number of rotatable bonds is 4. The first-order chi connectivity index (χ1) is 14.5. The molecule has 4 rings (SSSR count). The highest BCUT2D eigenvalue weighted by Crippen LogP contribution is 2.38. The van der Waals surface area contributed by atoms with Crippen molar-refractivity contribution in [2.24, 2.45) is 0 Å². The van der Waals surface area contributed by atoms with E-state index >= 15 is 0 Å². The van der Waals surface area contributed by atoms with E-state index in [1.807, 2.05) is 31.1 Å². The second-order valence-electron chi connectivity index (χ2n) is 7.38. The summed E-state index contributed by atoms with van der Waals surface area (Å²) in [5, 5.41) is -0.0639. The Morgan fingerprint density at radius 1 is 1.23 bits per heavy atom. The summed E-state index contributed by atoms with van der Waals surface area (Å²) in [6, 6.07) is 7.65. The second kappa shape index (κ2) is 8.36. The van der Waals surface area contributed by atoms with Crippen LogP contribution in [0, 0.1) is 5.82 Å². The molecule has 1 atom stereocenters. The maximum Gasteiger partial charge on any atom is 0.254 e. The molecule has 0 N–H and O–H groups in total. The smallest absolute Gasteiger partial charge is 0.254 e. The molecule has 3 aromatic rings. The Hall–Kier alpha value is -3.06. The molecule has 6 nitrogen and oxygen atoms in total. The summed E-state index contributed by atoms with van der Waals surface area (Å²) in [5.41, 5.74) is 2.96. The maximum absolute atomic E-state index is 13.6. The van der Waals surface area contributed by atoms with Crippen molar-refractivity contribution in [2.45, 2.75) is 18.9 Å². The first-order valence-corrected chi connectivity index (χ1v) is 10.0. The standard InChI is InChI=1S/C22H21ClFN5O/c1-28(2)22-26-13-16(14-7-9-25-10-8-14)20(27-22)19-4-3-11-29(19)21(30)15-5-6-18(24)17(23)12-15/h5-10,12-13,19H,3-4,11H2,1-2H3/t19-/m1/s1. The quantitative estimate of drug-likeness (QED) is 0.621. The van der Waals surface area contributed by atoms with E-state index < -0.39 is 5.82 Å². The lowest BCUT2D eigenvalue weighted by molar-refractivity contribution is 0.0733. The third-order valence-electron chi connectivity index (χ3n) is 5.19. The number of likely N-dealkylation sites (tertiary alicyclic amines) is 1. The molecule has 1 saturated heterocycles. The molecule has 0 radical (unpaired) electrons. The van der Waals surface area contributed by atoms with Crippen molar-refractivity contribution in [2.75, 3.05) is 25.5 Å². The highest BCUT2D eigenvalue weighted by molar-refractivity contribution is 6.31. The van der Waals surface area contributed by atoms with Crippen LogP contribution < -0.4 is 4.90 Å². The fourth-order valence-electron chi connectivity index (χ4n) is 3.70. The van der Waals surface area contributed by atoms with Crippen LogP contribution in [0.15, 0.2) is 48.9 Å². The van der Waals surface area contributed by atoms with E-state index in [9.17, 15) is 9.18 Å². The van der Waals surface area contributed by atoms with Gasteiger partial charge in [-0.1, -0.05) is 11.6 Å². The van der Waals surface area contributed by atoms with Gasteiger partial charge in [0.25, 0.3) is 5.91 Å². The van der Waals surface area contributed by atoms with Crippen molar-refractivity contribution in [3.63, 3.8) is 0 Å². The van der Waals surface area contributed by atoms with Gasteiger partial charge in [0.2, 0.25) is 5.95 Å². The van der Waals surface area contributed by atoms with Crippen LogP contribution in [0.4, 0.5) is 10.3 Å². The first kappa shape index (κ1) is 20.2. The molecule has 154 valence electrons. The van der Waals surface area contributed by atoms with Crippen molar-refractivity contribution >= 4 is 23.5 Å². The molecule has 30 heavy (non-hydrogen) atoms. The van der Waals surface area contributed by atoms with Gasteiger partial charge in [0.1, 0.15) is 5.82 Å². The number of anilines is 1. The zero-order chi connectivity index (χ0) is 21.3. The van der Waals surface area contributed by atoms with E-state index in [0.717, 1.165) is 29.7 Å². The molecule has 3 heterocycles. The summed E-state index contributed by atoms with van der Waals surface area (Å²) in [4.78, 5) is 30.2. The summed E-state index contributed by atoms with van der Waals surface area (Å²) >= 11 is 5.90. The van der Waals surface area contributed by atoms with Gasteiger partial charge in [-0.05, 0) is 48.7 Å². The van der Waals surface area contributed by atoms with E-state index in [-0.39, 0.29) is 17.0 Å². The second-order valence-corrected chi connectivity index (χ2v) is 7.79. The van der Waals surface area contributed by atoms with Gasteiger partial charge in [-0.2, -0.15) is 0 Å². The molecule has 1 amide bonds. The van der Waals surface area contributed by atoms with Gasteiger partial charge < -0.3 is 9.80 Å². The van der Waals surface area contributed by atoms with E-state index in [0.29, 0.717) is 18.1 Å². The maximum atomic E-state index is 13.6. The van der Waals surface area contributed by atoms with Gasteiger partial charge in [0.15, 0.2) is 0 Å². The van der Waals surface area contributed by atoms with E-state index in [1.165, 1.54) is 18.2 Å². The molecular formula is C22H21ClFN5O. The monoisotopic (exact) mass is 425 g/mol. The minimum atomic E-state index is -0.544. The van der Waals surface area contributed by atoms with Crippen molar-refractivity contribution < 1.29 is 9.18 Å². The fourth-order valence-corrected chi connectivity index (χ4v) is 3.88. The van der Waals surface area contributed by atoms with Gasteiger partial charge in [-0.15, -0.1) is 0 Å². The summed E-state index contributed by atoms with van der Waals surface area (Å²) in [6.07, 6.45) is 6.86. The van der Waals surface area contributed by atoms with Gasteiger partial charge >= 0.3 is 0 Å². The predicted octanol–water partition coefficient (Wildman–Crippen LogP) is 4.37. The molecule has 1 aromatic carbocycles. The highest BCUT2D eigenvalue weighted by atomic mass is 35.5. The fraction of sp³-hybridized carbons (Fsp3) is 0.273. The Bertz CT molecular complexity index is 1080. The number of hydrogen-bond donors (Lipinski definition) is 0. The van der Waals surface area contributed by atoms with Crippen LogP contribution in [-0.2, 0) is 0 Å². The van der Waals surface area contributed by atoms with E-state index in [2.05, 4.69) is 9.97 Å². The van der Waals surface area contributed by atoms with Crippen LogP contribution in [0.2, 0.25) is 5.02 Å². The zero-order valence-corrected chi connectivity index (χ0v) is 17.5. The largest absolute Gasteiger partial charge is 0.347 e. The molecule has 0 aliphatic carbocycles. The Kier molecular flexibility index (Phi) is 5.63. The minimum Gasteiger partial charge on any atom is -0.347 e. The lowest BCUT2D eigenvalue weighted by Crippen LogP contribution is -2.31. The number of halogens is 2. The van der Waals surface area contributed by atoms with Crippen LogP contribution >= 0.6 is 11.6 Å². The van der Waals surface area contributed by atoms with Crippen LogP contribution in [0.5, 0.6) is 0 Å². The van der Waals surface area contributed by atoms with Crippen LogP contribution in [-0.4, -0.2) is 46.4 Å². The Morgan fingerprint density at radius 3 is 2.70 bits per heavy atom. The van der Waals surface area contributed by atoms with E-state index in [1.54, 1.807) is 23.5 Å². The van der Waals surface area contributed by atoms with Crippen LogP contribution in [0.25, 0.3) is 11.1 Å². The van der Waals surface area contributed by atoms with Crippen molar-refractivity contribution in [3.05, 3.63) is 71.0 Å². The summed E-state index contributed by atoms with van der Waals surface area (Å²) in [5.74, 6) is -0.158. The molecule has 0 unspecified atom stereocenters. The average molecular weight is 426 g/mol. The number of carbonyl (C=O) groups is 1. The van der Waals surface area contributed by atoms with Gasteiger partial charge in [0.05, 0.1) is 16.8 Å². The number of nitrogens with zero attached hydrogens (tertiary/aromatic N) is 5. The Balaban J connectivity index is 1.76. The topological polar surface area (TPSA) is 62.2 Å². The number of hydrogen-bond acceptors (Lipinski definition) is 5. The normalized spacial score (nSPS) is 16.0. The van der Waals surface area contributed by atoms with Gasteiger partial charge in [-0.25, -0.2) is 14.4 Å². The van der Waals surface area contributed by atoms with E-state index in [4.69, 9.17) is 16.6 Å². The van der Waals surface area contributed by atoms with Gasteiger partial charge in [0, 0.05) is 50.4 Å². The zero-order valence-electron chi connectivity index (χ0n) is 16.7. The van der Waals surface area contributed by atoms with Gasteiger partial charge in [-0.3, -0.25) is 9.78 Å². The lowest BCUT2D eigenvalue weighted by Gasteiger charge is -2.27. The molecule has 0 saturated carbocycles. The number of carbonyl (C=O) groups excluding carboxylic acids is 1. The van der Waals surface area contributed by atoms with Crippen LogP contribution in [0.1, 0.15) is 34.9 Å². The third kappa shape index (κ3) is 3.85. The molecule has 0 bridgehead atoms. The molecule has 2 aromatic heterocycles. The summed E-state index contributed by atoms with van der Waals surface area (Å²) < 4.78 is 13.6. The Labute approximate surface area is 179 Å². The predicted molar refractivity (Wildman–Crippen MR) is 114 cm³/mol. The van der Waals surface area contributed by atoms with Crippen molar-refractivity contribution in [3.8, 4) is 11.1 Å². The molecular weight excluding hydrogens is 405 g/mol. The molecule has 0 spiro atoms. The molecule has 8 heteroatoms. The SMILES string of the molecule is CN(C)c1ncc(-c2ccncc2)c([C@H]2CCCN2C(=O)c2ccc(F)c(Cl)c2)n1. The molecule has 1 aliphatic rings. The van der Waals surface area contributed by atoms with Crippen molar-refractivity contribution in [1.29, 1.82) is 0 Å². The number of pyridine rings is 1. The lowest BCUT2D eigenvalue weighted by atomic mass is 10.0. The first-order valence-electron chi connectivity index (χ1n) is 9.66. The van der Waals surface area contributed by atoms with Crippen molar-refractivity contribution in [1.82, 2.24) is 19.9 Å². The third-order valence-corrected chi connectivity index (χ3v) is 5.48. The summed E-state index contributed by atoms with van der Waals surface area (Å²) in [6.45, 7) is 0.593. The minimum absolute atomic E-state index is 0.0639. The number of benzene rings is 1. The summed E-state index contributed by atoms with van der Waals surface area (Å²) in [7, 11) is 3.76. The molecule has 1 aliphatic heterocycles. The molecule has 1 fully saturated rings. The highest BCUT2D eigenvalue weighted by Gasteiger charge is 2.34. The number of aromatic nitrogens is 3. The average Bonchev–Trinajstić information content (AvgIpc) is 3.25.